The van der Waals surface area contributed by atoms with Crippen molar-refractivity contribution in [1.29, 1.82) is 0 Å². The third-order valence-electron chi connectivity index (χ3n) is 4.94. The zero-order valence-corrected chi connectivity index (χ0v) is 15.3. The first-order valence-electron chi connectivity index (χ1n) is 8.90. The van der Waals surface area contributed by atoms with Gasteiger partial charge in [-0.2, -0.15) is 0 Å². The van der Waals surface area contributed by atoms with Gasteiger partial charge >= 0.3 is 5.97 Å². The van der Waals surface area contributed by atoms with Gasteiger partial charge in [0, 0.05) is 18.7 Å². The molecular weight excluding hydrogens is 370 g/mol. The van der Waals surface area contributed by atoms with Crippen molar-refractivity contribution in [2.75, 3.05) is 19.7 Å². The van der Waals surface area contributed by atoms with E-state index in [1.807, 2.05) is 6.92 Å². The minimum absolute atomic E-state index is 0.0664. The molecule has 2 aliphatic rings. The zero-order chi connectivity index (χ0) is 20.4. The van der Waals surface area contributed by atoms with Crippen LogP contribution in [-0.4, -0.2) is 64.2 Å². The molecule has 1 saturated heterocycles. The summed E-state index contributed by atoms with van der Waals surface area (Å²) in [5.74, 6) is -3.01. The van der Waals surface area contributed by atoms with E-state index in [4.69, 9.17) is 4.74 Å². The SMILES string of the molecule is C[C@H]1CCCCN1C(=O)COC(=O)CN1C(=O)c2cccc([N+](=O)[O-])c2C1=O. The number of rotatable bonds is 5. The summed E-state index contributed by atoms with van der Waals surface area (Å²) in [6, 6.07) is 3.76. The maximum absolute atomic E-state index is 12.4. The molecule has 0 N–H and O–H groups in total. The van der Waals surface area contributed by atoms with Crippen LogP contribution in [0.25, 0.3) is 0 Å². The highest BCUT2D eigenvalue weighted by atomic mass is 16.6. The van der Waals surface area contributed by atoms with Crippen LogP contribution in [0.5, 0.6) is 0 Å². The molecule has 0 spiro atoms. The first-order valence-corrected chi connectivity index (χ1v) is 8.90. The number of carbonyl (C=O) groups excluding carboxylic acids is 4. The number of hydrogen-bond donors (Lipinski definition) is 0. The fraction of sp³-hybridized carbons (Fsp3) is 0.444. The normalized spacial score (nSPS) is 18.8. The Bertz CT molecular complexity index is 867. The van der Waals surface area contributed by atoms with E-state index in [-0.39, 0.29) is 23.1 Å². The summed E-state index contributed by atoms with van der Waals surface area (Å²) in [5, 5.41) is 11.1. The van der Waals surface area contributed by atoms with Crippen LogP contribution >= 0.6 is 0 Å². The lowest BCUT2D eigenvalue weighted by atomic mass is 10.0. The molecular formula is C18H19N3O7. The van der Waals surface area contributed by atoms with E-state index in [1.165, 1.54) is 12.1 Å². The van der Waals surface area contributed by atoms with Crippen molar-refractivity contribution in [3.8, 4) is 0 Å². The van der Waals surface area contributed by atoms with Gasteiger partial charge < -0.3 is 9.64 Å². The molecule has 148 valence electrons. The molecule has 0 radical (unpaired) electrons. The zero-order valence-electron chi connectivity index (χ0n) is 15.3. The Labute approximate surface area is 160 Å². The standard InChI is InChI=1S/C18H19N3O7/c1-11-5-2-3-8-19(11)14(22)10-28-15(23)9-20-17(24)12-6-4-7-13(21(26)27)16(12)18(20)25/h4,6-7,11H,2-3,5,8-10H2,1H3/t11-/m0/s1. The number of nitro benzene ring substituents is 1. The van der Waals surface area contributed by atoms with Gasteiger partial charge in [-0.15, -0.1) is 0 Å². The van der Waals surface area contributed by atoms with E-state index in [1.54, 1.807) is 4.90 Å². The quantitative estimate of drug-likeness (QED) is 0.320. The molecule has 0 unspecified atom stereocenters. The molecule has 28 heavy (non-hydrogen) atoms. The number of likely N-dealkylation sites (tertiary alicyclic amines) is 1. The number of benzene rings is 1. The van der Waals surface area contributed by atoms with Crippen LogP contribution in [0.1, 0.15) is 46.9 Å². The van der Waals surface area contributed by atoms with Crippen LogP contribution in [0, 0.1) is 10.1 Å². The van der Waals surface area contributed by atoms with Gasteiger partial charge in [0.05, 0.1) is 10.5 Å². The lowest BCUT2D eigenvalue weighted by Gasteiger charge is -2.33. The smallest absolute Gasteiger partial charge is 0.326 e. The molecule has 0 aliphatic carbocycles. The van der Waals surface area contributed by atoms with Gasteiger partial charge in [0.1, 0.15) is 12.1 Å². The minimum atomic E-state index is -0.935. The Balaban J connectivity index is 1.62. The van der Waals surface area contributed by atoms with Crippen LogP contribution in [0.2, 0.25) is 0 Å². The number of nitro groups is 1. The number of fused-ring (bicyclic) bond motifs is 1. The highest BCUT2D eigenvalue weighted by Crippen LogP contribution is 2.30. The van der Waals surface area contributed by atoms with Crippen molar-refractivity contribution >= 4 is 29.4 Å². The fourth-order valence-electron chi connectivity index (χ4n) is 3.48. The van der Waals surface area contributed by atoms with Crippen LogP contribution in [0.4, 0.5) is 5.69 Å². The summed E-state index contributed by atoms with van der Waals surface area (Å²) < 4.78 is 4.93. The van der Waals surface area contributed by atoms with Gasteiger partial charge in [-0.25, -0.2) is 0 Å². The second-order valence-electron chi connectivity index (χ2n) is 6.75. The Morgan fingerprint density at radius 2 is 2.00 bits per heavy atom. The first kappa shape index (κ1) is 19.5. The maximum atomic E-state index is 12.4. The number of hydrogen-bond acceptors (Lipinski definition) is 7. The van der Waals surface area contributed by atoms with Gasteiger partial charge in [0.2, 0.25) is 0 Å². The molecule has 3 rings (SSSR count). The average molecular weight is 389 g/mol. The van der Waals surface area contributed by atoms with E-state index < -0.39 is 41.5 Å². The molecule has 10 heteroatoms. The van der Waals surface area contributed by atoms with E-state index in [2.05, 4.69) is 0 Å². The number of carbonyl (C=O) groups is 4. The molecule has 10 nitrogen and oxygen atoms in total. The van der Waals surface area contributed by atoms with Crippen molar-refractivity contribution in [3.05, 3.63) is 39.4 Å². The molecule has 2 aliphatic heterocycles. The lowest BCUT2D eigenvalue weighted by molar-refractivity contribution is -0.385. The molecule has 1 aromatic rings. The van der Waals surface area contributed by atoms with Crippen molar-refractivity contribution < 1.29 is 28.8 Å². The molecule has 1 atom stereocenters. The van der Waals surface area contributed by atoms with Gasteiger partial charge in [0.25, 0.3) is 23.4 Å². The van der Waals surface area contributed by atoms with Gasteiger partial charge in [-0.1, -0.05) is 6.07 Å². The van der Waals surface area contributed by atoms with Crippen molar-refractivity contribution in [2.24, 2.45) is 0 Å². The summed E-state index contributed by atoms with van der Waals surface area (Å²) in [4.78, 5) is 61.6. The largest absolute Gasteiger partial charge is 0.454 e. The van der Waals surface area contributed by atoms with Crippen molar-refractivity contribution in [2.45, 2.75) is 32.2 Å². The molecule has 1 aromatic carbocycles. The number of amides is 3. The number of imide groups is 1. The average Bonchev–Trinajstić information content (AvgIpc) is 2.91. The maximum Gasteiger partial charge on any atom is 0.326 e. The van der Waals surface area contributed by atoms with E-state index in [9.17, 15) is 29.3 Å². The van der Waals surface area contributed by atoms with Crippen LogP contribution in [-0.2, 0) is 14.3 Å². The first-order chi connectivity index (χ1) is 13.3. The van der Waals surface area contributed by atoms with Crippen molar-refractivity contribution in [3.63, 3.8) is 0 Å². The fourth-order valence-corrected chi connectivity index (χ4v) is 3.48. The predicted octanol–water partition coefficient (Wildman–Crippen LogP) is 1.14. The molecule has 0 saturated carbocycles. The van der Waals surface area contributed by atoms with E-state index >= 15 is 0 Å². The lowest BCUT2D eigenvalue weighted by Crippen LogP contribution is -2.44. The Morgan fingerprint density at radius 1 is 1.25 bits per heavy atom. The highest BCUT2D eigenvalue weighted by molar-refractivity contribution is 6.24. The third-order valence-corrected chi connectivity index (χ3v) is 4.94. The molecule has 3 amide bonds. The highest BCUT2D eigenvalue weighted by Gasteiger charge is 2.42. The van der Waals surface area contributed by atoms with Crippen LogP contribution in [0.15, 0.2) is 18.2 Å². The Kier molecular flexibility index (Phi) is 5.39. The van der Waals surface area contributed by atoms with Crippen LogP contribution < -0.4 is 0 Å². The van der Waals surface area contributed by atoms with Gasteiger partial charge in [-0.3, -0.25) is 34.2 Å². The molecule has 0 bridgehead atoms. The topological polar surface area (TPSA) is 127 Å². The predicted molar refractivity (Wildman–Crippen MR) is 94.4 cm³/mol. The Hall–Kier alpha value is -3.30. The van der Waals surface area contributed by atoms with E-state index in [0.717, 1.165) is 25.3 Å². The molecule has 1 fully saturated rings. The second kappa shape index (κ2) is 7.75. The number of piperidine rings is 1. The summed E-state index contributed by atoms with van der Waals surface area (Å²) in [6.07, 6.45) is 2.81. The monoisotopic (exact) mass is 389 g/mol. The number of nitrogens with zero attached hydrogens (tertiary/aromatic N) is 3. The summed E-state index contributed by atoms with van der Waals surface area (Å²) >= 11 is 0. The van der Waals surface area contributed by atoms with Gasteiger partial charge in [-0.05, 0) is 32.3 Å². The molecule has 2 heterocycles. The van der Waals surface area contributed by atoms with Crippen LogP contribution in [0.3, 0.4) is 0 Å². The van der Waals surface area contributed by atoms with Crippen molar-refractivity contribution in [1.82, 2.24) is 9.80 Å². The number of esters is 1. The summed E-state index contributed by atoms with van der Waals surface area (Å²) in [6.45, 7) is 1.32. The molecule has 0 aromatic heterocycles. The summed E-state index contributed by atoms with van der Waals surface area (Å²) in [5.41, 5.74) is -0.977. The van der Waals surface area contributed by atoms with Gasteiger partial charge in [0.15, 0.2) is 6.61 Å². The minimum Gasteiger partial charge on any atom is -0.454 e. The third kappa shape index (κ3) is 3.57. The van der Waals surface area contributed by atoms with E-state index in [0.29, 0.717) is 11.4 Å². The second-order valence-corrected chi connectivity index (χ2v) is 6.75. The summed E-state index contributed by atoms with van der Waals surface area (Å²) in [7, 11) is 0. The number of ether oxygens (including phenoxy) is 1. The Morgan fingerprint density at radius 3 is 2.68 bits per heavy atom.